The van der Waals surface area contributed by atoms with E-state index in [9.17, 15) is 32.1 Å². The smallest absolute Gasteiger partial charge is 0.258 e. The van der Waals surface area contributed by atoms with E-state index in [0.717, 1.165) is 0 Å². The highest BCUT2D eigenvalue weighted by molar-refractivity contribution is 5.68. The molecule has 0 aliphatic carbocycles. The van der Waals surface area contributed by atoms with E-state index in [1.807, 2.05) is 0 Å². The maximum atomic E-state index is 13.0. The van der Waals surface area contributed by atoms with Gasteiger partial charge in [0.05, 0.1) is 4.92 Å². The number of nitro groups is 1. The van der Waals surface area contributed by atoms with Crippen molar-refractivity contribution in [3.63, 3.8) is 0 Å². The minimum atomic E-state index is -5.10. The number of hydrogen-bond acceptors (Lipinski definition) is 6. The zero-order valence-electron chi connectivity index (χ0n) is 9.52. The van der Waals surface area contributed by atoms with Crippen molar-refractivity contribution in [3.05, 3.63) is 40.2 Å². The molecule has 0 fully saturated rings. The summed E-state index contributed by atoms with van der Waals surface area (Å²) >= 11 is 0. The first-order chi connectivity index (χ1) is 9.70. The maximum absolute atomic E-state index is 13.0. The molecule has 0 bridgehead atoms. The molecule has 0 saturated carbocycles. The van der Waals surface area contributed by atoms with Gasteiger partial charge in [0.1, 0.15) is 23.7 Å². The molecule has 0 aliphatic rings. The predicted octanol–water partition coefficient (Wildman–Crippen LogP) is 1.94. The summed E-state index contributed by atoms with van der Waals surface area (Å²) in [6.45, 7) is 0. The molecule has 109 valence electrons. The van der Waals surface area contributed by atoms with Crippen molar-refractivity contribution < 1.29 is 26.9 Å². The Kier molecular flexibility index (Phi) is 3.45. The molecule has 0 N–H and O–H groups in total. The van der Waals surface area contributed by atoms with Crippen molar-refractivity contribution in [3.8, 4) is 11.4 Å². The van der Waals surface area contributed by atoms with Gasteiger partial charge in [0.15, 0.2) is 5.69 Å². The van der Waals surface area contributed by atoms with Gasteiger partial charge >= 0.3 is 24.0 Å². The molecule has 0 atom stereocenters. The summed E-state index contributed by atoms with van der Waals surface area (Å²) in [5.41, 5.74) is -5.22. The van der Waals surface area contributed by atoms with Crippen LogP contribution in [-0.2, 0) is 6.18 Å². The summed E-state index contributed by atoms with van der Waals surface area (Å²) in [7, 11) is 0. The lowest BCUT2D eigenvalue weighted by molar-refractivity contribution is -0.384. The van der Waals surface area contributed by atoms with E-state index in [1.54, 1.807) is 0 Å². The monoisotopic (exact) mass is 306 g/mol. The molecule has 7 nitrogen and oxygen atoms in total. The SMILES string of the molecule is O=[N+]([O-])c1cnc(F)nc1-c1nc(F)n[c]c1C(F)(F)F. The van der Waals surface area contributed by atoms with Crippen LogP contribution in [0.3, 0.4) is 0 Å². The van der Waals surface area contributed by atoms with Gasteiger partial charge in [-0.3, -0.25) is 10.1 Å². The van der Waals surface area contributed by atoms with E-state index < -0.39 is 45.9 Å². The maximum Gasteiger partial charge on any atom is 0.420 e. The quantitative estimate of drug-likeness (QED) is 0.364. The molecular formula is C9HF5N5O2. The Morgan fingerprint density at radius 3 is 2.33 bits per heavy atom. The van der Waals surface area contributed by atoms with Gasteiger partial charge in [-0.15, -0.1) is 0 Å². The van der Waals surface area contributed by atoms with Crippen LogP contribution in [0.15, 0.2) is 6.20 Å². The summed E-state index contributed by atoms with van der Waals surface area (Å²) in [5.74, 6) is 0. The topological polar surface area (TPSA) is 94.7 Å². The van der Waals surface area contributed by atoms with Crippen LogP contribution in [0.25, 0.3) is 11.4 Å². The third-order valence-corrected chi connectivity index (χ3v) is 2.15. The van der Waals surface area contributed by atoms with Crippen LogP contribution < -0.4 is 0 Å². The predicted molar refractivity (Wildman–Crippen MR) is 53.5 cm³/mol. The Morgan fingerprint density at radius 2 is 1.76 bits per heavy atom. The molecule has 0 unspecified atom stereocenters. The van der Waals surface area contributed by atoms with Crippen LogP contribution in [0.5, 0.6) is 0 Å². The van der Waals surface area contributed by atoms with Gasteiger partial charge < -0.3 is 0 Å². The Bertz CT molecular complexity index is 720. The lowest BCUT2D eigenvalue weighted by atomic mass is 10.1. The summed E-state index contributed by atoms with van der Waals surface area (Å²) in [6.07, 6.45) is -6.61. The fourth-order valence-corrected chi connectivity index (χ4v) is 1.36. The van der Waals surface area contributed by atoms with Gasteiger partial charge in [0.25, 0.3) is 0 Å². The molecule has 2 aromatic heterocycles. The van der Waals surface area contributed by atoms with E-state index in [0.29, 0.717) is 6.20 Å². The Hall–Kier alpha value is -2.79. The molecule has 0 spiro atoms. The molecule has 21 heavy (non-hydrogen) atoms. The number of aromatic nitrogens is 4. The van der Waals surface area contributed by atoms with Crippen molar-refractivity contribution in [2.45, 2.75) is 6.18 Å². The van der Waals surface area contributed by atoms with E-state index in [4.69, 9.17) is 0 Å². The van der Waals surface area contributed by atoms with Crippen molar-refractivity contribution in [1.82, 2.24) is 19.9 Å². The molecule has 0 amide bonds. The fraction of sp³-hybridized carbons (Fsp3) is 0.111. The second kappa shape index (κ2) is 4.96. The molecule has 2 aromatic rings. The average molecular weight is 306 g/mol. The highest BCUT2D eigenvalue weighted by Crippen LogP contribution is 2.37. The van der Waals surface area contributed by atoms with E-state index in [-0.39, 0.29) is 0 Å². The Morgan fingerprint density at radius 1 is 1.14 bits per heavy atom. The molecule has 2 heterocycles. The standard InChI is InChI=1S/C9HF5N5O2/c10-7-15-1-3(9(12,13)14)5(17-7)6-4(19(20)21)2-16-8(11)18-6/h2H. The summed E-state index contributed by atoms with van der Waals surface area (Å²) in [4.78, 5) is 20.7. The van der Waals surface area contributed by atoms with Crippen LogP contribution in [-0.4, -0.2) is 24.9 Å². The Balaban J connectivity index is 2.81. The lowest BCUT2D eigenvalue weighted by Gasteiger charge is -2.10. The van der Waals surface area contributed by atoms with Crippen LogP contribution in [0.1, 0.15) is 5.56 Å². The Labute approximate surface area is 111 Å². The number of halogens is 5. The highest BCUT2D eigenvalue weighted by Gasteiger charge is 2.38. The molecule has 0 saturated heterocycles. The van der Waals surface area contributed by atoms with Gasteiger partial charge in [-0.1, -0.05) is 0 Å². The van der Waals surface area contributed by atoms with E-state index >= 15 is 0 Å². The van der Waals surface area contributed by atoms with Crippen molar-refractivity contribution >= 4 is 5.69 Å². The first-order valence-corrected chi connectivity index (χ1v) is 4.90. The van der Waals surface area contributed by atoms with Gasteiger partial charge in [-0.25, -0.2) is 4.98 Å². The van der Waals surface area contributed by atoms with Crippen molar-refractivity contribution in [2.24, 2.45) is 0 Å². The van der Waals surface area contributed by atoms with Crippen molar-refractivity contribution in [1.29, 1.82) is 0 Å². The van der Waals surface area contributed by atoms with Gasteiger partial charge in [0.2, 0.25) is 0 Å². The first kappa shape index (κ1) is 14.6. The number of nitrogens with zero attached hydrogens (tertiary/aromatic N) is 5. The zero-order chi connectivity index (χ0) is 15.8. The van der Waals surface area contributed by atoms with Gasteiger partial charge in [-0.05, 0) is 0 Å². The molecule has 12 heteroatoms. The largest absolute Gasteiger partial charge is 0.420 e. The second-order valence-electron chi connectivity index (χ2n) is 3.46. The molecule has 1 radical (unpaired) electrons. The number of hydrogen-bond donors (Lipinski definition) is 0. The van der Waals surface area contributed by atoms with Crippen LogP contribution in [0.4, 0.5) is 27.6 Å². The fourth-order valence-electron chi connectivity index (χ4n) is 1.36. The molecule has 0 aliphatic heterocycles. The lowest BCUT2D eigenvalue weighted by Crippen LogP contribution is -2.13. The number of alkyl halides is 3. The van der Waals surface area contributed by atoms with E-state index in [2.05, 4.69) is 19.9 Å². The van der Waals surface area contributed by atoms with Gasteiger partial charge in [0, 0.05) is 0 Å². The third kappa shape index (κ3) is 2.88. The summed E-state index contributed by atoms with van der Waals surface area (Å²) in [6, 6.07) is 0. The summed E-state index contributed by atoms with van der Waals surface area (Å²) < 4.78 is 64.2. The molecular weight excluding hydrogens is 305 g/mol. The summed E-state index contributed by atoms with van der Waals surface area (Å²) in [5, 5.41) is 10.7. The molecule has 0 aromatic carbocycles. The minimum absolute atomic E-state index is 0.345. The first-order valence-electron chi connectivity index (χ1n) is 4.90. The normalized spacial score (nSPS) is 11.5. The number of rotatable bonds is 2. The highest BCUT2D eigenvalue weighted by atomic mass is 19.4. The van der Waals surface area contributed by atoms with Crippen molar-refractivity contribution in [2.75, 3.05) is 0 Å². The average Bonchev–Trinajstić information content (AvgIpc) is 2.36. The van der Waals surface area contributed by atoms with Crippen LogP contribution in [0.2, 0.25) is 0 Å². The van der Waals surface area contributed by atoms with Crippen LogP contribution >= 0.6 is 0 Å². The van der Waals surface area contributed by atoms with Crippen LogP contribution in [0, 0.1) is 28.5 Å². The van der Waals surface area contributed by atoms with Gasteiger partial charge in [-0.2, -0.15) is 36.9 Å². The second-order valence-corrected chi connectivity index (χ2v) is 3.46. The van der Waals surface area contributed by atoms with E-state index in [1.165, 1.54) is 6.20 Å². The molecule has 2 rings (SSSR count). The minimum Gasteiger partial charge on any atom is -0.258 e. The zero-order valence-corrected chi connectivity index (χ0v) is 9.52. The third-order valence-electron chi connectivity index (χ3n) is 2.15.